The van der Waals surface area contributed by atoms with E-state index < -0.39 is 5.60 Å². The number of aliphatic hydroxyl groups excluding tert-OH is 1. The van der Waals surface area contributed by atoms with Crippen molar-refractivity contribution in [2.45, 2.75) is 51.7 Å². The molecule has 0 aromatic carbocycles. The van der Waals surface area contributed by atoms with Crippen LogP contribution in [-0.4, -0.2) is 40.9 Å². The van der Waals surface area contributed by atoms with Gasteiger partial charge >= 0.3 is 6.09 Å². The van der Waals surface area contributed by atoms with Crippen LogP contribution in [0.25, 0.3) is 0 Å². The molecule has 4 heteroatoms. The molecule has 0 spiro atoms. The minimum atomic E-state index is -0.464. The van der Waals surface area contributed by atoms with Crippen molar-refractivity contribution < 1.29 is 14.6 Å². The first-order valence-electron chi connectivity index (χ1n) is 5.54. The van der Waals surface area contributed by atoms with Gasteiger partial charge in [0, 0.05) is 12.6 Å². The summed E-state index contributed by atoms with van der Waals surface area (Å²) in [5.74, 6) is 0. The van der Waals surface area contributed by atoms with Gasteiger partial charge in [0.15, 0.2) is 0 Å². The van der Waals surface area contributed by atoms with E-state index in [0.29, 0.717) is 6.54 Å². The van der Waals surface area contributed by atoms with Crippen LogP contribution in [0.1, 0.15) is 40.0 Å². The molecule has 1 rings (SSSR count). The predicted molar refractivity (Wildman–Crippen MR) is 57.7 cm³/mol. The van der Waals surface area contributed by atoms with Crippen LogP contribution < -0.4 is 0 Å². The van der Waals surface area contributed by atoms with Crippen molar-refractivity contribution in [3.8, 4) is 0 Å². The van der Waals surface area contributed by atoms with Crippen molar-refractivity contribution >= 4 is 6.09 Å². The molecule has 88 valence electrons. The molecule has 1 N–H and O–H groups in total. The Balaban J connectivity index is 2.50. The third kappa shape index (κ3) is 3.70. The summed E-state index contributed by atoms with van der Waals surface area (Å²) in [7, 11) is 0. The van der Waals surface area contributed by atoms with E-state index >= 15 is 0 Å². The van der Waals surface area contributed by atoms with Crippen LogP contribution in [0.3, 0.4) is 0 Å². The molecule has 15 heavy (non-hydrogen) atoms. The lowest BCUT2D eigenvalue weighted by Gasteiger charge is -2.37. The molecule has 1 aliphatic carbocycles. The number of ether oxygens (including phenoxy) is 1. The van der Waals surface area contributed by atoms with Crippen LogP contribution in [0.15, 0.2) is 0 Å². The number of carbonyl (C=O) groups is 1. The number of rotatable bonds is 3. The number of hydrogen-bond acceptors (Lipinski definition) is 3. The maximum Gasteiger partial charge on any atom is 0.410 e. The highest BCUT2D eigenvalue weighted by molar-refractivity contribution is 5.68. The zero-order chi connectivity index (χ0) is 11.5. The van der Waals surface area contributed by atoms with E-state index in [4.69, 9.17) is 9.84 Å². The van der Waals surface area contributed by atoms with Gasteiger partial charge in [-0.3, -0.25) is 0 Å². The molecule has 0 heterocycles. The number of amides is 1. The Bertz CT molecular complexity index is 218. The molecule has 1 fully saturated rings. The quantitative estimate of drug-likeness (QED) is 0.780. The van der Waals surface area contributed by atoms with Crippen molar-refractivity contribution in [2.24, 2.45) is 0 Å². The molecule has 0 atom stereocenters. The third-order valence-corrected chi connectivity index (χ3v) is 2.48. The SMILES string of the molecule is CC(C)(C)OC(=O)N(CCO)C1CCC1. The van der Waals surface area contributed by atoms with Gasteiger partial charge in [-0.05, 0) is 40.0 Å². The zero-order valence-corrected chi connectivity index (χ0v) is 9.82. The van der Waals surface area contributed by atoms with Gasteiger partial charge in [-0.2, -0.15) is 0 Å². The van der Waals surface area contributed by atoms with Gasteiger partial charge in [0.05, 0.1) is 6.61 Å². The first kappa shape index (κ1) is 12.3. The highest BCUT2D eigenvalue weighted by Crippen LogP contribution is 2.26. The van der Waals surface area contributed by atoms with Gasteiger partial charge in [-0.15, -0.1) is 0 Å². The van der Waals surface area contributed by atoms with Crippen molar-refractivity contribution in [1.29, 1.82) is 0 Å². The average molecular weight is 215 g/mol. The zero-order valence-electron chi connectivity index (χ0n) is 9.82. The van der Waals surface area contributed by atoms with Crippen LogP contribution in [0.4, 0.5) is 4.79 Å². The monoisotopic (exact) mass is 215 g/mol. The Kier molecular flexibility index (Phi) is 3.97. The second-order valence-electron chi connectivity index (χ2n) is 4.98. The fraction of sp³-hybridized carbons (Fsp3) is 0.909. The van der Waals surface area contributed by atoms with Crippen molar-refractivity contribution in [3.63, 3.8) is 0 Å². The molecule has 0 aromatic heterocycles. The minimum absolute atomic E-state index is 0.00422. The fourth-order valence-electron chi connectivity index (χ4n) is 1.55. The van der Waals surface area contributed by atoms with Gasteiger partial charge in [-0.25, -0.2) is 4.79 Å². The fourth-order valence-corrected chi connectivity index (χ4v) is 1.55. The molecule has 1 aliphatic rings. The smallest absolute Gasteiger partial charge is 0.410 e. The number of hydrogen-bond donors (Lipinski definition) is 1. The van der Waals surface area contributed by atoms with E-state index in [0.717, 1.165) is 19.3 Å². The molecule has 0 bridgehead atoms. The highest BCUT2D eigenvalue weighted by atomic mass is 16.6. The van der Waals surface area contributed by atoms with Gasteiger partial charge < -0.3 is 14.7 Å². The van der Waals surface area contributed by atoms with Gasteiger partial charge in [0.1, 0.15) is 5.60 Å². The maximum absolute atomic E-state index is 11.8. The molecule has 1 saturated carbocycles. The first-order valence-corrected chi connectivity index (χ1v) is 5.54. The first-order chi connectivity index (χ1) is 6.94. The second-order valence-corrected chi connectivity index (χ2v) is 4.98. The molecular formula is C11H21NO3. The summed E-state index contributed by atoms with van der Waals surface area (Å²) in [6.45, 7) is 5.92. The van der Waals surface area contributed by atoms with Gasteiger partial charge in [-0.1, -0.05) is 0 Å². The molecule has 0 aromatic rings. The lowest BCUT2D eigenvalue weighted by Crippen LogP contribution is -2.47. The molecular weight excluding hydrogens is 194 g/mol. The summed E-state index contributed by atoms with van der Waals surface area (Å²) < 4.78 is 5.29. The van der Waals surface area contributed by atoms with Crippen LogP contribution in [0.5, 0.6) is 0 Å². The van der Waals surface area contributed by atoms with Gasteiger partial charge in [0.2, 0.25) is 0 Å². The number of carbonyl (C=O) groups excluding carboxylic acids is 1. The molecule has 0 unspecified atom stereocenters. The van der Waals surface area contributed by atoms with E-state index in [9.17, 15) is 4.79 Å². The van der Waals surface area contributed by atoms with E-state index in [1.54, 1.807) is 4.90 Å². The topological polar surface area (TPSA) is 49.8 Å². The van der Waals surface area contributed by atoms with E-state index in [1.807, 2.05) is 20.8 Å². The van der Waals surface area contributed by atoms with Crippen LogP contribution in [0, 0.1) is 0 Å². The summed E-state index contributed by atoms with van der Waals surface area (Å²) in [5, 5.41) is 8.90. The van der Waals surface area contributed by atoms with Crippen molar-refractivity contribution in [2.75, 3.05) is 13.2 Å². The Morgan fingerprint density at radius 3 is 2.40 bits per heavy atom. The molecule has 1 amide bonds. The Morgan fingerprint density at radius 2 is 2.07 bits per heavy atom. The van der Waals surface area contributed by atoms with E-state index in [-0.39, 0.29) is 18.7 Å². The van der Waals surface area contributed by atoms with Crippen molar-refractivity contribution in [1.82, 2.24) is 4.90 Å². The lowest BCUT2D eigenvalue weighted by atomic mass is 9.92. The highest BCUT2D eigenvalue weighted by Gasteiger charge is 2.31. The largest absolute Gasteiger partial charge is 0.444 e. The van der Waals surface area contributed by atoms with Crippen LogP contribution in [0.2, 0.25) is 0 Å². The normalized spacial score (nSPS) is 17.1. The van der Waals surface area contributed by atoms with Crippen LogP contribution in [-0.2, 0) is 4.74 Å². The second kappa shape index (κ2) is 4.84. The minimum Gasteiger partial charge on any atom is -0.444 e. The standard InChI is InChI=1S/C11H21NO3/c1-11(2,3)15-10(14)12(7-8-13)9-5-4-6-9/h9,13H,4-8H2,1-3H3. The average Bonchev–Trinajstić information content (AvgIpc) is 1.96. The lowest BCUT2D eigenvalue weighted by molar-refractivity contribution is 0.00297. The number of aliphatic hydroxyl groups is 1. The van der Waals surface area contributed by atoms with E-state index in [2.05, 4.69) is 0 Å². The van der Waals surface area contributed by atoms with E-state index in [1.165, 1.54) is 0 Å². The number of nitrogens with zero attached hydrogens (tertiary/aromatic N) is 1. The van der Waals surface area contributed by atoms with Crippen molar-refractivity contribution in [3.05, 3.63) is 0 Å². The predicted octanol–water partition coefficient (Wildman–Crippen LogP) is 1.77. The third-order valence-electron chi connectivity index (χ3n) is 2.48. The van der Waals surface area contributed by atoms with Crippen LogP contribution >= 0.6 is 0 Å². The maximum atomic E-state index is 11.8. The Morgan fingerprint density at radius 1 is 1.47 bits per heavy atom. The summed E-state index contributed by atoms with van der Waals surface area (Å²) in [6.07, 6.45) is 2.91. The Labute approximate surface area is 91.2 Å². The molecule has 0 aliphatic heterocycles. The summed E-state index contributed by atoms with van der Waals surface area (Å²) in [6, 6.07) is 0.270. The molecule has 0 radical (unpaired) electrons. The van der Waals surface area contributed by atoms with Gasteiger partial charge in [0.25, 0.3) is 0 Å². The summed E-state index contributed by atoms with van der Waals surface area (Å²) in [4.78, 5) is 13.4. The Hall–Kier alpha value is -0.770. The summed E-state index contributed by atoms with van der Waals surface area (Å²) >= 11 is 0. The molecule has 4 nitrogen and oxygen atoms in total. The summed E-state index contributed by atoms with van der Waals surface area (Å²) in [5.41, 5.74) is -0.464. The molecule has 0 saturated heterocycles.